The van der Waals surface area contributed by atoms with Gasteiger partial charge in [0.1, 0.15) is 0 Å². The molecule has 0 saturated heterocycles. The maximum Gasteiger partial charge on any atom is 0.416 e. The summed E-state index contributed by atoms with van der Waals surface area (Å²) in [6.07, 6.45) is -1.99. The number of aromatic nitrogens is 2. The third kappa shape index (κ3) is 3.82. The molecule has 8 heteroatoms. The Morgan fingerprint density at radius 2 is 1.91 bits per heavy atom. The molecule has 0 unspecified atom stereocenters. The number of hydrogen-bond donors (Lipinski definition) is 0. The van der Waals surface area contributed by atoms with E-state index in [9.17, 15) is 21.6 Å². The van der Waals surface area contributed by atoms with E-state index in [1.807, 2.05) is 0 Å². The predicted molar refractivity (Wildman–Crippen MR) is 74.1 cm³/mol. The van der Waals surface area contributed by atoms with Crippen molar-refractivity contribution in [2.24, 2.45) is 0 Å². The molecule has 0 aliphatic rings. The van der Waals surface area contributed by atoms with E-state index < -0.39 is 21.6 Å². The molecule has 1 heterocycles. The van der Waals surface area contributed by atoms with E-state index in [-0.39, 0.29) is 11.6 Å². The van der Waals surface area contributed by atoms with Gasteiger partial charge in [0.2, 0.25) is 15.0 Å². The monoisotopic (exact) mass is 330 g/mol. The van der Waals surface area contributed by atoms with Gasteiger partial charge in [0, 0.05) is 18.9 Å². The zero-order chi connectivity index (χ0) is 16.5. The number of aryl methyl sites for hydroxylation is 1. The third-order valence-electron chi connectivity index (χ3n) is 3.01. The number of hydrogen-bond acceptors (Lipinski definition) is 4. The molecule has 0 radical (unpaired) electrons. The molecule has 0 fully saturated rings. The fourth-order valence-electron chi connectivity index (χ4n) is 1.87. The van der Waals surface area contributed by atoms with Crippen molar-refractivity contribution < 1.29 is 21.6 Å². The average molecular weight is 330 g/mol. The van der Waals surface area contributed by atoms with Gasteiger partial charge in [-0.15, -0.1) is 0 Å². The third-order valence-corrected chi connectivity index (χ3v) is 3.87. The quantitative estimate of drug-likeness (QED) is 0.812. The maximum absolute atomic E-state index is 12.7. The first-order valence-electron chi connectivity index (χ1n) is 6.26. The lowest BCUT2D eigenvalue weighted by Crippen LogP contribution is -2.09. The molecule has 0 N–H and O–H groups in total. The van der Waals surface area contributed by atoms with Gasteiger partial charge in [-0.25, -0.2) is 18.4 Å². The first-order chi connectivity index (χ1) is 10.1. The van der Waals surface area contributed by atoms with Crippen LogP contribution in [-0.2, 0) is 22.4 Å². The molecule has 118 valence electrons. The number of halogens is 3. The normalized spacial score (nSPS) is 12.4. The lowest BCUT2D eigenvalue weighted by atomic mass is 10.0. The van der Waals surface area contributed by atoms with Crippen LogP contribution in [0.1, 0.15) is 22.4 Å². The van der Waals surface area contributed by atoms with Crippen molar-refractivity contribution in [2.45, 2.75) is 24.7 Å². The van der Waals surface area contributed by atoms with Crippen LogP contribution in [0.5, 0.6) is 0 Å². The molecule has 0 atom stereocenters. The van der Waals surface area contributed by atoms with Crippen molar-refractivity contribution in [1.82, 2.24) is 9.97 Å². The number of nitrogens with zero attached hydrogens (tertiary/aromatic N) is 2. The first kappa shape index (κ1) is 16.4. The van der Waals surface area contributed by atoms with Crippen LogP contribution in [0.25, 0.3) is 0 Å². The highest BCUT2D eigenvalue weighted by molar-refractivity contribution is 7.90. The Morgan fingerprint density at radius 1 is 1.23 bits per heavy atom. The van der Waals surface area contributed by atoms with Crippen LogP contribution in [0, 0.1) is 6.92 Å². The van der Waals surface area contributed by atoms with Gasteiger partial charge in [0.25, 0.3) is 0 Å². The molecule has 0 amide bonds. The number of benzene rings is 1. The van der Waals surface area contributed by atoms with E-state index >= 15 is 0 Å². The molecule has 1 aromatic carbocycles. The zero-order valence-electron chi connectivity index (χ0n) is 11.8. The fraction of sp³-hybridized carbons (Fsp3) is 0.286. The molecule has 4 nitrogen and oxygen atoms in total. The van der Waals surface area contributed by atoms with Crippen molar-refractivity contribution in [2.75, 3.05) is 6.26 Å². The molecule has 2 aromatic rings. The predicted octanol–water partition coefficient (Wildman–Crippen LogP) is 2.80. The fourth-order valence-corrected chi connectivity index (χ4v) is 2.39. The summed E-state index contributed by atoms with van der Waals surface area (Å²) in [7, 11) is -3.57. The van der Waals surface area contributed by atoms with Gasteiger partial charge < -0.3 is 0 Å². The Bertz CT molecular complexity index is 802. The first-order valence-corrected chi connectivity index (χ1v) is 8.15. The summed E-state index contributed by atoms with van der Waals surface area (Å²) in [6, 6.07) is 4.86. The maximum atomic E-state index is 12.7. The molecular weight excluding hydrogens is 317 g/mol. The van der Waals surface area contributed by atoms with Crippen molar-refractivity contribution in [1.29, 1.82) is 0 Å². The van der Waals surface area contributed by atoms with Gasteiger partial charge >= 0.3 is 6.18 Å². The summed E-state index contributed by atoms with van der Waals surface area (Å²) in [6.45, 7) is 1.68. The van der Waals surface area contributed by atoms with Crippen LogP contribution in [0.15, 0.2) is 35.6 Å². The highest BCUT2D eigenvalue weighted by Crippen LogP contribution is 2.30. The Labute approximate surface area is 126 Å². The Balaban J connectivity index is 2.39. The zero-order valence-corrected chi connectivity index (χ0v) is 12.7. The average Bonchev–Trinajstić information content (AvgIpc) is 2.39. The van der Waals surface area contributed by atoms with Gasteiger partial charge in [-0.3, -0.25) is 0 Å². The van der Waals surface area contributed by atoms with E-state index in [0.717, 1.165) is 18.4 Å². The molecule has 0 spiro atoms. The van der Waals surface area contributed by atoms with E-state index in [0.29, 0.717) is 16.8 Å². The molecule has 0 bridgehead atoms. The van der Waals surface area contributed by atoms with E-state index in [1.54, 1.807) is 6.92 Å². The van der Waals surface area contributed by atoms with Crippen molar-refractivity contribution >= 4 is 9.84 Å². The summed E-state index contributed by atoms with van der Waals surface area (Å²) < 4.78 is 61.0. The van der Waals surface area contributed by atoms with Gasteiger partial charge in [-0.1, -0.05) is 18.2 Å². The van der Waals surface area contributed by atoms with E-state index in [1.165, 1.54) is 18.3 Å². The van der Waals surface area contributed by atoms with Crippen LogP contribution >= 0.6 is 0 Å². The number of rotatable bonds is 3. The molecular formula is C14H13F3N2O2S. The Hall–Kier alpha value is -1.96. The summed E-state index contributed by atoms with van der Waals surface area (Å²) in [5.74, 6) is 0. The molecule has 22 heavy (non-hydrogen) atoms. The van der Waals surface area contributed by atoms with Crippen LogP contribution in [0.2, 0.25) is 0 Å². The van der Waals surface area contributed by atoms with Gasteiger partial charge in [-0.05, 0) is 24.1 Å². The van der Waals surface area contributed by atoms with Crippen LogP contribution in [-0.4, -0.2) is 24.6 Å². The summed E-state index contributed by atoms with van der Waals surface area (Å²) in [5, 5.41) is -0.333. The molecule has 1 aromatic heterocycles. The SMILES string of the molecule is Cc1cnc(S(C)(=O)=O)nc1Cc1cccc(C(F)(F)F)c1. The van der Waals surface area contributed by atoms with Crippen molar-refractivity contribution in [3.63, 3.8) is 0 Å². The second-order valence-electron chi connectivity index (χ2n) is 4.93. The Morgan fingerprint density at radius 3 is 2.50 bits per heavy atom. The van der Waals surface area contributed by atoms with Crippen molar-refractivity contribution in [3.8, 4) is 0 Å². The van der Waals surface area contributed by atoms with Gasteiger partial charge in [0.15, 0.2) is 0 Å². The Kier molecular flexibility index (Phi) is 4.23. The highest BCUT2D eigenvalue weighted by atomic mass is 32.2. The highest BCUT2D eigenvalue weighted by Gasteiger charge is 2.30. The largest absolute Gasteiger partial charge is 0.416 e. The number of alkyl halides is 3. The van der Waals surface area contributed by atoms with Gasteiger partial charge in [-0.2, -0.15) is 13.2 Å². The lowest BCUT2D eigenvalue weighted by molar-refractivity contribution is -0.137. The summed E-state index contributed by atoms with van der Waals surface area (Å²) in [4.78, 5) is 7.68. The minimum Gasteiger partial charge on any atom is -0.227 e. The molecule has 2 rings (SSSR count). The van der Waals surface area contributed by atoms with Gasteiger partial charge in [0.05, 0.1) is 11.3 Å². The summed E-state index contributed by atoms with van der Waals surface area (Å²) >= 11 is 0. The summed E-state index contributed by atoms with van der Waals surface area (Å²) in [5.41, 5.74) is 0.649. The second kappa shape index (κ2) is 5.68. The molecule has 0 aliphatic carbocycles. The smallest absolute Gasteiger partial charge is 0.227 e. The number of sulfone groups is 1. The topological polar surface area (TPSA) is 59.9 Å². The van der Waals surface area contributed by atoms with E-state index in [2.05, 4.69) is 9.97 Å². The molecule has 0 aliphatic heterocycles. The van der Waals surface area contributed by atoms with Crippen molar-refractivity contribution in [3.05, 3.63) is 52.8 Å². The van der Waals surface area contributed by atoms with E-state index in [4.69, 9.17) is 0 Å². The van der Waals surface area contributed by atoms with Crippen LogP contribution in [0.3, 0.4) is 0 Å². The van der Waals surface area contributed by atoms with Crippen LogP contribution < -0.4 is 0 Å². The molecule has 0 saturated carbocycles. The lowest BCUT2D eigenvalue weighted by Gasteiger charge is -2.10. The minimum absolute atomic E-state index is 0.0980. The van der Waals surface area contributed by atoms with Crippen LogP contribution in [0.4, 0.5) is 13.2 Å². The standard InChI is InChI=1S/C14H13F3N2O2S/c1-9-8-18-13(22(2,20)21)19-12(9)7-10-4-3-5-11(6-10)14(15,16)17/h3-6,8H,7H2,1-2H3. The second-order valence-corrected chi connectivity index (χ2v) is 6.84. The minimum atomic E-state index is -4.42.